The summed E-state index contributed by atoms with van der Waals surface area (Å²) in [5, 5.41) is 76.6. The summed E-state index contributed by atoms with van der Waals surface area (Å²) in [7, 11) is 0. The fraction of sp³-hybridized carbons (Fsp3) is 1.00. The van der Waals surface area contributed by atoms with Crippen molar-refractivity contribution in [2.24, 2.45) is 0 Å². The van der Waals surface area contributed by atoms with E-state index in [0.717, 1.165) is 0 Å². The summed E-state index contributed by atoms with van der Waals surface area (Å²) in [5.41, 5.74) is 0. The highest BCUT2D eigenvalue weighted by Crippen LogP contribution is 2.34. The Labute approximate surface area is 255 Å². The Balaban J connectivity index is 2.51. The van der Waals surface area contributed by atoms with E-state index in [1.807, 2.05) is 0 Å². The van der Waals surface area contributed by atoms with Crippen LogP contribution in [0.2, 0.25) is 0 Å². The zero-order chi connectivity index (χ0) is 32.2. The number of rotatable bonds is 25. The first-order valence-corrected chi connectivity index (χ1v) is 14.6. The molecule has 2 heterocycles. The average Bonchev–Trinajstić information content (AvgIpc) is 3.02. The molecule has 0 aromatic carbocycles. The van der Waals surface area contributed by atoms with Crippen LogP contribution in [0.15, 0.2) is 0 Å². The van der Waals surface area contributed by atoms with Gasteiger partial charge in [0.25, 0.3) is 0 Å². The molecule has 10 atom stereocenters. The molecule has 2 fully saturated rings. The smallest absolute Gasteiger partial charge is 0.187 e. The molecule has 18 nitrogen and oxygen atoms in total. The van der Waals surface area contributed by atoms with Gasteiger partial charge < -0.3 is 88.2 Å². The van der Waals surface area contributed by atoms with E-state index in [2.05, 4.69) is 0 Å². The summed E-state index contributed by atoms with van der Waals surface area (Å²) < 4.78 is 58.6. The van der Waals surface area contributed by atoms with Gasteiger partial charge in [-0.1, -0.05) is 0 Å². The summed E-state index contributed by atoms with van der Waals surface area (Å²) in [5.74, 6) is 0. The van der Waals surface area contributed by atoms with Crippen molar-refractivity contribution in [1.82, 2.24) is 0 Å². The second kappa shape index (κ2) is 23.6. The van der Waals surface area contributed by atoms with Crippen molar-refractivity contribution in [3.63, 3.8) is 0 Å². The van der Waals surface area contributed by atoms with E-state index in [0.29, 0.717) is 0 Å². The van der Waals surface area contributed by atoms with Crippen LogP contribution in [0.4, 0.5) is 0 Å². The molecule has 0 aromatic heterocycles. The molecule has 0 aromatic rings. The molecule has 2 rings (SSSR count). The minimum Gasteiger partial charge on any atom is -0.394 e. The van der Waals surface area contributed by atoms with Gasteiger partial charge in [-0.05, 0) is 0 Å². The first kappa shape index (κ1) is 39.5. The fourth-order valence-electron chi connectivity index (χ4n) is 4.88. The van der Waals surface area contributed by atoms with Crippen LogP contribution >= 0.6 is 0 Å². The summed E-state index contributed by atoms with van der Waals surface area (Å²) in [6.07, 6.45) is -11.4. The van der Waals surface area contributed by atoms with E-state index < -0.39 is 61.4 Å². The molecule has 0 saturated carbocycles. The fourth-order valence-corrected chi connectivity index (χ4v) is 4.88. The molecule has 0 spiro atoms. The molecule has 2 aliphatic heterocycles. The van der Waals surface area contributed by atoms with E-state index in [-0.39, 0.29) is 106 Å². The van der Waals surface area contributed by atoms with Gasteiger partial charge in [-0.15, -0.1) is 0 Å². The van der Waals surface area contributed by atoms with E-state index in [1.165, 1.54) is 0 Å². The average molecular weight is 651 g/mol. The van der Waals surface area contributed by atoms with Crippen molar-refractivity contribution in [3.8, 4) is 0 Å². The van der Waals surface area contributed by atoms with E-state index in [1.54, 1.807) is 0 Å². The number of hydrogen-bond acceptors (Lipinski definition) is 18. The lowest BCUT2D eigenvalue weighted by molar-refractivity contribution is -0.371. The van der Waals surface area contributed by atoms with Gasteiger partial charge in [-0.2, -0.15) is 0 Å². The van der Waals surface area contributed by atoms with Gasteiger partial charge in [0.15, 0.2) is 12.6 Å². The van der Waals surface area contributed by atoms with Crippen LogP contribution in [0.25, 0.3) is 0 Å². The molecular weight excluding hydrogens is 600 g/mol. The summed E-state index contributed by atoms with van der Waals surface area (Å²) in [4.78, 5) is 0. The van der Waals surface area contributed by atoms with Gasteiger partial charge in [-0.3, -0.25) is 0 Å². The Bertz CT molecular complexity index is 679. The second-order valence-corrected chi connectivity index (χ2v) is 9.60. The minimum atomic E-state index is -1.56. The van der Waals surface area contributed by atoms with Crippen molar-refractivity contribution >= 4 is 0 Å². The molecule has 262 valence electrons. The van der Waals surface area contributed by atoms with Gasteiger partial charge in [0.05, 0.1) is 106 Å². The molecule has 44 heavy (non-hydrogen) atoms. The standard InChI is InChI=1S/C26H50O18/c27-1-8-35-15-17-19(37-10-3-29)21(38-11-4-30)24(41-14-7-33)26(43-17)44-20-18(16-36-9-2-28)42-25(34)23(40-13-6-32)22(20)39-12-5-31/h17-34H,1-16H2. The molecule has 2 aliphatic rings. The van der Waals surface area contributed by atoms with Crippen LogP contribution < -0.4 is 0 Å². The zero-order valence-corrected chi connectivity index (χ0v) is 24.7. The maximum atomic E-state index is 10.8. The van der Waals surface area contributed by atoms with E-state index in [9.17, 15) is 40.9 Å². The van der Waals surface area contributed by atoms with Crippen molar-refractivity contribution in [3.05, 3.63) is 0 Å². The van der Waals surface area contributed by atoms with Crippen LogP contribution in [0, 0.1) is 0 Å². The zero-order valence-electron chi connectivity index (χ0n) is 24.7. The highest BCUT2D eigenvalue weighted by atomic mass is 16.8. The monoisotopic (exact) mass is 650 g/mol. The minimum absolute atomic E-state index is 0.0235. The Morgan fingerprint density at radius 2 is 0.795 bits per heavy atom. The highest BCUT2D eigenvalue weighted by molar-refractivity contribution is 4.97. The van der Waals surface area contributed by atoms with E-state index >= 15 is 0 Å². The Kier molecular flexibility index (Phi) is 21.1. The third-order valence-electron chi connectivity index (χ3n) is 6.54. The molecular formula is C26H50O18. The lowest BCUT2D eigenvalue weighted by Crippen LogP contribution is -2.66. The molecule has 2 saturated heterocycles. The number of ether oxygens (including phenoxy) is 10. The highest BCUT2D eigenvalue weighted by Gasteiger charge is 2.54. The maximum absolute atomic E-state index is 10.8. The van der Waals surface area contributed by atoms with Crippen molar-refractivity contribution in [2.45, 2.75) is 61.4 Å². The molecule has 10 unspecified atom stereocenters. The summed E-state index contributed by atoms with van der Waals surface area (Å²) in [6, 6.07) is 0. The SMILES string of the molecule is OCCOCC1OC(O)C(OCCO)C(OCCO)C1OC1OC(COCCO)C(OCCO)C(OCCO)C1OCCO. The third-order valence-corrected chi connectivity index (χ3v) is 6.54. The molecule has 18 heteroatoms. The van der Waals surface area contributed by atoms with Gasteiger partial charge in [0.2, 0.25) is 0 Å². The van der Waals surface area contributed by atoms with Crippen molar-refractivity contribution in [1.29, 1.82) is 0 Å². The van der Waals surface area contributed by atoms with Crippen LogP contribution in [-0.4, -0.2) is 208 Å². The van der Waals surface area contributed by atoms with Crippen LogP contribution in [-0.2, 0) is 47.4 Å². The van der Waals surface area contributed by atoms with E-state index in [4.69, 9.17) is 47.4 Å². The van der Waals surface area contributed by atoms with Gasteiger partial charge in [0.1, 0.15) is 48.8 Å². The lowest BCUT2D eigenvalue weighted by Gasteiger charge is -2.49. The second-order valence-electron chi connectivity index (χ2n) is 9.60. The number of aliphatic hydroxyl groups excluding tert-OH is 8. The van der Waals surface area contributed by atoms with Crippen LogP contribution in [0.1, 0.15) is 0 Å². The maximum Gasteiger partial charge on any atom is 0.187 e. The molecule has 0 amide bonds. The molecule has 0 bridgehead atoms. The molecule has 0 aliphatic carbocycles. The Morgan fingerprint density at radius 3 is 1.27 bits per heavy atom. The topological polar surface area (TPSA) is 254 Å². The van der Waals surface area contributed by atoms with Gasteiger partial charge >= 0.3 is 0 Å². The van der Waals surface area contributed by atoms with Gasteiger partial charge in [0, 0.05) is 0 Å². The van der Waals surface area contributed by atoms with Gasteiger partial charge in [-0.25, -0.2) is 0 Å². The molecule has 0 radical (unpaired) electrons. The lowest BCUT2D eigenvalue weighted by atomic mass is 9.96. The summed E-state index contributed by atoms with van der Waals surface area (Å²) in [6.45, 7) is -3.54. The Morgan fingerprint density at radius 1 is 0.409 bits per heavy atom. The predicted molar refractivity (Wildman–Crippen MR) is 144 cm³/mol. The largest absolute Gasteiger partial charge is 0.394 e. The molecule has 8 N–H and O–H groups in total. The van der Waals surface area contributed by atoms with Crippen molar-refractivity contribution < 1.29 is 88.2 Å². The summed E-state index contributed by atoms with van der Waals surface area (Å²) >= 11 is 0. The van der Waals surface area contributed by atoms with Crippen LogP contribution in [0.3, 0.4) is 0 Å². The Hall–Kier alpha value is -0.720. The quantitative estimate of drug-likeness (QED) is 0.0429. The van der Waals surface area contributed by atoms with Crippen LogP contribution in [0.5, 0.6) is 0 Å². The number of hydrogen-bond donors (Lipinski definition) is 8. The first-order chi connectivity index (χ1) is 21.5. The normalized spacial score (nSPS) is 32.7. The van der Waals surface area contributed by atoms with Crippen molar-refractivity contribution in [2.75, 3.05) is 106 Å². The predicted octanol–water partition coefficient (Wildman–Crippen LogP) is -5.28. The third kappa shape index (κ3) is 12.5. The first-order valence-electron chi connectivity index (χ1n) is 14.6. The number of aliphatic hydroxyl groups is 8.